The molecule has 0 saturated carbocycles. The lowest BCUT2D eigenvalue weighted by Gasteiger charge is -2.28. The highest BCUT2D eigenvalue weighted by Crippen LogP contribution is 2.28. The van der Waals surface area contributed by atoms with Gasteiger partial charge < -0.3 is 0 Å². The molecule has 29 heavy (non-hydrogen) atoms. The molecule has 5 rings (SSSR count). The summed E-state index contributed by atoms with van der Waals surface area (Å²) in [5.74, 6) is 0. The lowest BCUT2D eigenvalue weighted by Crippen LogP contribution is -2.37. The van der Waals surface area contributed by atoms with E-state index in [1.54, 1.807) is 24.4 Å². The zero-order valence-corrected chi connectivity index (χ0v) is 16.8. The molecular formula is C22H20N4O2S. The van der Waals surface area contributed by atoms with Crippen molar-refractivity contribution in [2.45, 2.75) is 24.8 Å². The predicted molar refractivity (Wildman–Crippen MR) is 111 cm³/mol. The van der Waals surface area contributed by atoms with Crippen molar-refractivity contribution in [3.05, 3.63) is 83.8 Å². The first-order chi connectivity index (χ1) is 14.0. The van der Waals surface area contributed by atoms with Gasteiger partial charge in [0.2, 0.25) is 10.0 Å². The molecule has 2 aromatic heterocycles. The first kappa shape index (κ1) is 18.0. The van der Waals surface area contributed by atoms with E-state index in [9.17, 15) is 8.42 Å². The summed E-state index contributed by atoms with van der Waals surface area (Å²) in [6.45, 7) is 2.65. The second-order valence-electron chi connectivity index (χ2n) is 7.27. The summed E-state index contributed by atoms with van der Waals surface area (Å²) in [6, 6.07) is 18.9. The van der Waals surface area contributed by atoms with E-state index in [1.807, 2.05) is 53.9 Å². The average molecular weight is 404 g/mol. The lowest BCUT2D eigenvalue weighted by molar-refractivity contribution is 0.384. The second kappa shape index (κ2) is 6.79. The standard InChI is InChI=1S/C22H20N4O2S/c1-16-12-22-23-14-19-15-25(11-10-21(19)26(22)24-16)29(27,28)20-9-5-8-18(13-20)17-6-3-2-4-7-17/h2-9,12-14H,10-11,15H2,1H3. The monoisotopic (exact) mass is 404 g/mol. The number of benzene rings is 2. The van der Waals surface area contributed by atoms with E-state index in [2.05, 4.69) is 10.1 Å². The first-order valence-corrected chi connectivity index (χ1v) is 11.0. The number of nitrogens with zero attached hydrogens (tertiary/aromatic N) is 4. The third-order valence-electron chi connectivity index (χ3n) is 5.32. The van der Waals surface area contributed by atoms with Crippen LogP contribution in [0.1, 0.15) is 17.0 Å². The molecule has 0 amide bonds. The number of aryl methyl sites for hydroxylation is 1. The molecule has 6 nitrogen and oxygen atoms in total. The largest absolute Gasteiger partial charge is 0.243 e. The van der Waals surface area contributed by atoms with Gasteiger partial charge in [-0.1, -0.05) is 42.5 Å². The molecule has 0 radical (unpaired) electrons. The maximum absolute atomic E-state index is 13.3. The summed E-state index contributed by atoms with van der Waals surface area (Å²) >= 11 is 0. The number of hydrogen-bond donors (Lipinski definition) is 0. The molecule has 0 spiro atoms. The molecule has 0 saturated heterocycles. The van der Waals surface area contributed by atoms with E-state index >= 15 is 0 Å². The van der Waals surface area contributed by atoms with E-state index in [0.29, 0.717) is 24.4 Å². The third kappa shape index (κ3) is 3.12. The van der Waals surface area contributed by atoms with Crippen molar-refractivity contribution in [3.63, 3.8) is 0 Å². The van der Waals surface area contributed by atoms with Gasteiger partial charge in [-0.3, -0.25) is 0 Å². The maximum atomic E-state index is 13.3. The molecule has 0 unspecified atom stereocenters. The summed E-state index contributed by atoms with van der Waals surface area (Å²) in [7, 11) is -3.61. The molecule has 1 aliphatic rings. The highest BCUT2D eigenvalue weighted by atomic mass is 32.2. The highest BCUT2D eigenvalue weighted by Gasteiger charge is 2.30. The molecule has 1 aliphatic heterocycles. The van der Waals surface area contributed by atoms with Gasteiger partial charge in [0.25, 0.3) is 0 Å². The van der Waals surface area contributed by atoms with Crippen LogP contribution in [0.15, 0.2) is 71.8 Å². The Bertz CT molecular complexity index is 1310. The van der Waals surface area contributed by atoms with Crippen molar-refractivity contribution in [3.8, 4) is 11.1 Å². The summed E-state index contributed by atoms with van der Waals surface area (Å²) in [5.41, 5.74) is 5.52. The number of hydrogen-bond acceptors (Lipinski definition) is 4. The summed E-state index contributed by atoms with van der Waals surface area (Å²) < 4.78 is 30.0. The van der Waals surface area contributed by atoms with Crippen LogP contribution in [-0.2, 0) is 23.0 Å². The Morgan fingerprint density at radius 1 is 0.966 bits per heavy atom. The highest BCUT2D eigenvalue weighted by molar-refractivity contribution is 7.89. The fraction of sp³-hybridized carbons (Fsp3) is 0.182. The topological polar surface area (TPSA) is 67.6 Å². The summed E-state index contributed by atoms with van der Waals surface area (Å²) in [5, 5.41) is 4.50. The van der Waals surface area contributed by atoms with Crippen LogP contribution in [-0.4, -0.2) is 33.9 Å². The molecule has 2 aromatic carbocycles. The fourth-order valence-corrected chi connectivity index (χ4v) is 5.32. The van der Waals surface area contributed by atoms with Gasteiger partial charge in [0.05, 0.1) is 16.3 Å². The second-order valence-corrected chi connectivity index (χ2v) is 9.21. The van der Waals surface area contributed by atoms with Gasteiger partial charge in [0.1, 0.15) is 0 Å². The quantitative estimate of drug-likeness (QED) is 0.525. The van der Waals surface area contributed by atoms with Crippen LogP contribution in [0.2, 0.25) is 0 Å². The van der Waals surface area contributed by atoms with Gasteiger partial charge in [-0.25, -0.2) is 17.9 Å². The smallest absolute Gasteiger partial charge is 0.237 e. The molecule has 0 N–H and O–H groups in total. The Hall–Kier alpha value is -3.03. The van der Waals surface area contributed by atoms with Gasteiger partial charge in [-0.05, 0) is 30.2 Å². The molecular weight excluding hydrogens is 384 g/mol. The molecule has 7 heteroatoms. The molecule has 0 bridgehead atoms. The van der Waals surface area contributed by atoms with Crippen molar-refractivity contribution in [1.29, 1.82) is 0 Å². The van der Waals surface area contributed by atoms with Crippen LogP contribution in [0, 0.1) is 6.92 Å². The van der Waals surface area contributed by atoms with Crippen LogP contribution in [0.3, 0.4) is 0 Å². The van der Waals surface area contributed by atoms with Gasteiger partial charge >= 0.3 is 0 Å². The van der Waals surface area contributed by atoms with Crippen LogP contribution in [0.5, 0.6) is 0 Å². The van der Waals surface area contributed by atoms with E-state index < -0.39 is 10.0 Å². The third-order valence-corrected chi connectivity index (χ3v) is 7.16. The van der Waals surface area contributed by atoms with Crippen molar-refractivity contribution in [2.24, 2.45) is 0 Å². The Labute approximate surface area is 169 Å². The minimum absolute atomic E-state index is 0.301. The molecule has 0 fully saturated rings. The molecule has 146 valence electrons. The Kier molecular flexibility index (Phi) is 4.22. The van der Waals surface area contributed by atoms with Crippen molar-refractivity contribution >= 4 is 15.7 Å². The maximum Gasteiger partial charge on any atom is 0.243 e. The van der Waals surface area contributed by atoms with Crippen LogP contribution in [0.4, 0.5) is 0 Å². The Morgan fingerprint density at radius 3 is 2.59 bits per heavy atom. The van der Waals surface area contributed by atoms with Gasteiger partial charge in [0, 0.05) is 37.3 Å². The van der Waals surface area contributed by atoms with Crippen LogP contribution in [0.25, 0.3) is 16.8 Å². The van der Waals surface area contributed by atoms with Crippen molar-refractivity contribution in [1.82, 2.24) is 18.9 Å². The van der Waals surface area contributed by atoms with Crippen LogP contribution >= 0.6 is 0 Å². The minimum Gasteiger partial charge on any atom is -0.237 e. The summed E-state index contributed by atoms with van der Waals surface area (Å²) in [6.07, 6.45) is 2.38. The zero-order chi connectivity index (χ0) is 20.0. The van der Waals surface area contributed by atoms with E-state index in [1.165, 1.54) is 4.31 Å². The predicted octanol–water partition coefficient (Wildman–Crippen LogP) is 3.45. The van der Waals surface area contributed by atoms with E-state index in [0.717, 1.165) is 33.7 Å². The lowest BCUT2D eigenvalue weighted by atomic mass is 10.1. The van der Waals surface area contributed by atoms with Crippen molar-refractivity contribution in [2.75, 3.05) is 6.54 Å². The fourth-order valence-electron chi connectivity index (χ4n) is 3.85. The number of rotatable bonds is 3. The summed E-state index contributed by atoms with van der Waals surface area (Å²) in [4.78, 5) is 4.75. The Morgan fingerprint density at radius 2 is 1.76 bits per heavy atom. The van der Waals surface area contributed by atoms with E-state index in [-0.39, 0.29) is 0 Å². The number of aromatic nitrogens is 3. The SMILES string of the molecule is Cc1cc2ncc3c(n2n1)CCN(S(=O)(=O)c1cccc(-c2ccccc2)c1)C3. The minimum atomic E-state index is -3.61. The molecule has 0 atom stereocenters. The molecule has 3 heterocycles. The van der Waals surface area contributed by atoms with Gasteiger partial charge in [0.15, 0.2) is 5.65 Å². The van der Waals surface area contributed by atoms with Gasteiger partial charge in [-0.15, -0.1) is 0 Å². The van der Waals surface area contributed by atoms with Crippen LogP contribution < -0.4 is 0 Å². The number of sulfonamides is 1. The average Bonchev–Trinajstić information content (AvgIpc) is 3.15. The zero-order valence-electron chi connectivity index (χ0n) is 16.0. The number of fused-ring (bicyclic) bond motifs is 3. The van der Waals surface area contributed by atoms with Gasteiger partial charge in [-0.2, -0.15) is 9.40 Å². The normalized spacial score (nSPS) is 14.8. The molecule has 4 aromatic rings. The van der Waals surface area contributed by atoms with E-state index in [4.69, 9.17) is 0 Å². The first-order valence-electron chi connectivity index (χ1n) is 9.51. The molecule has 0 aliphatic carbocycles. The van der Waals surface area contributed by atoms with Crippen molar-refractivity contribution < 1.29 is 8.42 Å². The Balaban J connectivity index is 1.49.